The Labute approximate surface area is 134 Å². The molecule has 1 amide bonds. The molecule has 1 aromatic heterocycles. The molecule has 9 nitrogen and oxygen atoms in total. The van der Waals surface area contributed by atoms with Crippen LogP contribution < -0.4 is 11.0 Å². The summed E-state index contributed by atoms with van der Waals surface area (Å²) in [4.78, 5) is 36.5. The summed E-state index contributed by atoms with van der Waals surface area (Å²) in [6.07, 6.45) is 3.16. The van der Waals surface area contributed by atoms with Crippen LogP contribution in [0.5, 0.6) is 0 Å². The van der Waals surface area contributed by atoms with Crippen molar-refractivity contribution in [2.45, 2.75) is 45.6 Å². The monoisotopic (exact) mass is 327 g/mol. The molecule has 0 bridgehead atoms. The molecule has 0 saturated carbocycles. The molecule has 23 heavy (non-hydrogen) atoms. The number of carboxylic acid groups (broad SMARTS) is 1. The van der Waals surface area contributed by atoms with Crippen LogP contribution >= 0.6 is 0 Å². The minimum absolute atomic E-state index is 0.00630. The average molecular weight is 327 g/mol. The first-order valence-electron chi connectivity index (χ1n) is 7.76. The molecule has 1 aromatic rings. The molecular formula is C14H25N5O4. The van der Waals surface area contributed by atoms with Gasteiger partial charge in [-0.25, -0.2) is 9.89 Å². The SMILES string of the molecule is CC(=O)O.CCN1CCCC1CNC(=O)CCc1n[nH]c(=O)[nH]1. The van der Waals surface area contributed by atoms with Crippen LogP contribution in [0.3, 0.4) is 0 Å². The van der Waals surface area contributed by atoms with Crippen LogP contribution in [0, 0.1) is 0 Å². The first kappa shape index (κ1) is 18.9. The van der Waals surface area contributed by atoms with Crippen molar-refractivity contribution in [2.75, 3.05) is 19.6 Å². The molecule has 1 saturated heterocycles. The average Bonchev–Trinajstić information content (AvgIpc) is 3.10. The third-order valence-corrected chi connectivity index (χ3v) is 3.58. The van der Waals surface area contributed by atoms with Gasteiger partial charge in [0.25, 0.3) is 5.97 Å². The molecule has 0 spiro atoms. The van der Waals surface area contributed by atoms with Gasteiger partial charge in [0.15, 0.2) is 0 Å². The van der Waals surface area contributed by atoms with Gasteiger partial charge in [0, 0.05) is 32.4 Å². The van der Waals surface area contributed by atoms with E-state index in [1.165, 1.54) is 6.42 Å². The Hall–Kier alpha value is -2.16. The molecule has 130 valence electrons. The maximum atomic E-state index is 11.7. The number of aryl methyl sites for hydroxylation is 1. The molecule has 0 aliphatic carbocycles. The summed E-state index contributed by atoms with van der Waals surface area (Å²) in [5.41, 5.74) is -0.333. The zero-order chi connectivity index (χ0) is 17.2. The second kappa shape index (κ2) is 9.78. The van der Waals surface area contributed by atoms with E-state index in [1.54, 1.807) is 0 Å². The number of nitrogens with one attached hydrogen (secondary N) is 3. The highest BCUT2D eigenvalue weighted by Crippen LogP contribution is 2.15. The zero-order valence-electron chi connectivity index (χ0n) is 13.6. The lowest BCUT2D eigenvalue weighted by atomic mass is 10.2. The number of aliphatic carboxylic acids is 1. The van der Waals surface area contributed by atoms with E-state index in [1.807, 2.05) is 0 Å². The third-order valence-electron chi connectivity index (χ3n) is 3.58. The summed E-state index contributed by atoms with van der Waals surface area (Å²) in [6.45, 7) is 6.11. The number of amides is 1. The molecule has 2 heterocycles. The van der Waals surface area contributed by atoms with Gasteiger partial charge in [-0.05, 0) is 25.9 Å². The van der Waals surface area contributed by atoms with E-state index in [0.717, 1.165) is 26.4 Å². The van der Waals surface area contributed by atoms with Crippen molar-refractivity contribution in [1.29, 1.82) is 0 Å². The van der Waals surface area contributed by atoms with Crippen molar-refractivity contribution < 1.29 is 14.7 Å². The van der Waals surface area contributed by atoms with Crippen LogP contribution in [-0.2, 0) is 16.0 Å². The van der Waals surface area contributed by atoms with Crippen molar-refractivity contribution in [3.05, 3.63) is 16.3 Å². The number of carboxylic acids is 1. The van der Waals surface area contributed by atoms with Crippen LogP contribution in [0.4, 0.5) is 0 Å². The van der Waals surface area contributed by atoms with Crippen LogP contribution in [-0.4, -0.2) is 62.7 Å². The Kier molecular flexibility index (Phi) is 8.03. The van der Waals surface area contributed by atoms with Crippen LogP contribution in [0.15, 0.2) is 4.79 Å². The second-order valence-electron chi connectivity index (χ2n) is 5.37. The smallest absolute Gasteiger partial charge is 0.340 e. The van der Waals surface area contributed by atoms with Crippen LogP contribution in [0.2, 0.25) is 0 Å². The molecular weight excluding hydrogens is 302 g/mol. The van der Waals surface area contributed by atoms with Gasteiger partial charge >= 0.3 is 5.69 Å². The van der Waals surface area contributed by atoms with Crippen molar-refractivity contribution in [2.24, 2.45) is 0 Å². The normalized spacial score (nSPS) is 17.4. The fourth-order valence-electron chi connectivity index (χ4n) is 2.52. The Balaban J connectivity index is 0.000000593. The number of H-pyrrole nitrogens is 2. The summed E-state index contributed by atoms with van der Waals surface area (Å²) in [5, 5.41) is 16.4. The molecule has 2 rings (SSSR count). The lowest BCUT2D eigenvalue weighted by molar-refractivity contribution is -0.134. The first-order chi connectivity index (χ1) is 10.9. The summed E-state index contributed by atoms with van der Waals surface area (Å²) < 4.78 is 0. The molecule has 1 aliphatic rings. The van der Waals surface area contributed by atoms with E-state index in [0.29, 0.717) is 31.3 Å². The standard InChI is InChI=1S/C12H21N5O2.C2H4O2/c1-2-17-7-3-4-9(17)8-13-11(18)6-5-10-14-12(19)16-15-10;1-2(3)4/h9H,2-8H2,1H3,(H,13,18)(H2,14,15,16,19);1H3,(H,3,4). The number of rotatable bonds is 6. The highest BCUT2D eigenvalue weighted by molar-refractivity contribution is 5.76. The van der Waals surface area contributed by atoms with E-state index in [4.69, 9.17) is 9.90 Å². The quantitative estimate of drug-likeness (QED) is 0.568. The number of hydrogen-bond acceptors (Lipinski definition) is 5. The predicted octanol–water partition coefficient (Wildman–Crippen LogP) is -0.278. The fraction of sp³-hybridized carbons (Fsp3) is 0.714. The molecule has 0 aromatic carbocycles. The topological polar surface area (TPSA) is 131 Å². The highest BCUT2D eigenvalue weighted by Gasteiger charge is 2.22. The Morgan fingerprint density at radius 2 is 2.17 bits per heavy atom. The van der Waals surface area contributed by atoms with Gasteiger partial charge in [-0.1, -0.05) is 6.92 Å². The minimum Gasteiger partial charge on any atom is -0.481 e. The maximum absolute atomic E-state index is 11.7. The van der Waals surface area contributed by atoms with E-state index in [-0.39, 0.29) is 11.6 Å². The van der Waals surface area contributed by atoms with Crippen molar-refractivity contribution in [3.8, 4) is 0 Å². The largest absolute Gasteiger partial charge is 0.481 e. The minimum atomic E-state index is -0.833. The van der Waals surface area contributed by atoms with Gasteiger partial charge in [-0.3, -0.25) is 19.5 Å². The van der Waals surface area contributed by atoms with Crippen LogP contribution in [0.25, 0.3) is 0 Å². The Morgan fingerprint density at radius 3 is 2.74 bits per heavy atom. The number of carbonyl (C=O) groups excluding carboxylic acids is 1. The first-order valence-corrected chi connectivity index (χ1v) is 7.76. The molecule has 1 atom stereocenters. The Morgan fingerprint density at radius 1 is 1.48 bits per heavy atom. The summed E-state index contributed by atoms with van der Waals surface area (Å²) in [5.74, 6) is -0.303. The van der Waals surface area contributed by atoms with Gasteiger partial charge in [-0.2, -0.15) is 5.10 Å². The van der Waals surface area contributed by atoms with Gasteiger partial charge in [0.05, 0.1) is 0 Å². The summed E-state index contributed by atoms with van der Waals surface area (Å²) in [6, 6.07) is 0.471. The highest BCUT2D eigenvalue weighted by atomic mass is 16.4. The molecule has 4 N–H and O–H groups in total. The molecule has 9 heteroatoms. The van der Waals surface area contributed by atoms with Gasteiger partial charge in [0.2, 0.25) is 5.91 Å². The second-order valence-corrected chi connectivity index (χ2v) is 5.37. The maximum Gasteiger partial charge on any atom is 0.340 e. The molecule has 1 unspecified atom stereocenters. The predicted molar refractivity (Wildman–Crippen MR) is 84.1 cm³/mol. The van der Waals surface area contributed by atoms with Gasteiger partial charge in [0.1, 0.15) is 5.82 Å². The number of likely N-dealkylation sites (tertiary alicyclic amines) is 1. The molecule has 0 radical (unpaired) electrons. The van der Waals surface area contributed by atoms with Gasteiger partial charge in [-0.15, -0.1) is 0 Å². The number of nitrogens with zero attached hydrogens (tertiary/aromatic N) is 2. The lowest BCUT2D eigenvalue weighted by Gasteiger charge is -2.22. The van der Waals surface area contributed by atoms with Crippen molar-refractivity contribution in [3.63, 3.8) is 0 Å². The van der Waals surface area contributed by atoms with E-state index >= 15 is 0 Å². The molecule has 1 fully saturated rings. The number of likely N-dealkylation sites (N-methyl/N-ethyl adjacent to an activating group) is 1. The fourth-order valence-corrected chi connectivity index (χ4v) is 2.52. The number of carbonyl (C=O) groups is 2. The van der Waals surface area contributed by atoms with E-state index in [2.05, 4.69) is 32.3 Å². The molecule has 1 aliphatic heterocycles. The summed E-state index contributed by atoms with van der Waals surface area (Å²) >= 11 is 0. The summed E-state index contributed by atoms with van der Waals surface area (Å²) in [7, 11) is 0. The zero-order valence-corrected chi connectivity index (χ0v) is 13.6. The Bertz CT molecular complexity index is 549. The van der Waals surface area contributed by atoms with Gasteiger partial charge < -0.3 is 10.4 Å². The van der Waals surface area contributed by atoms with Crippen LogP contribution in [0.1, 0.15) is 38.9 Å². The number of aromatic nitrogens is 3. The van der Waals surface area contributed by atoms with E-state index in [9.17, 15) is 9.59 Å². The number of hydrogen-bond donors (Lipinski definition) is 4. The van der Waals surface area contributed by atoms with Crippen molar-refractivity contribution >= 4 is 11.9 Å². The van der Waals surface area contributed by atoms with E-state index < -0.39 is 5.97 Å². The third kappa shape index (κ3) is 7.59. The number of aromatic amines is 2. The van der Waals surface area contributed by atoms with Crippen molar-refractivity contribution in [1.82, 2.24) is 25.4 Å². The lowest BCUT2D eigenvalue weighted by Crippen LogP contribution is -2.40.